The monoisotopic (exact) mass is 362 g/mol. The minimum atomic E-state index is -3.69. The van der Waals surface area contributed by atoms with Gasteiger partial charge >= 0.3 is 0 Å². The van der Waals surface area contributed by atoms with Gasteiger partial charge in [0.15, 0.2) is 11.5 Å². The van der Waals surface area contributed by atoms with E-state index < -0.39 is 10.0 Å². The highest BCUT2D eigenvalue weighted by Crippen LogP contribution is 2.32. The summed E-state index contributed by atoms with van der Waals surface area (Å²) in [6, 6.07) is 11.7. The molecule has 0 aromatic heterocycles. The van der Waals surface area contributed by atoms with Crippen molar-refractivity contribution in [3.63, 3.8) is 0 Å². The fourth-order valence-electron chi connectivity index (χ4n) is 2.44. The van der Waals surface area contributed by atoms with Gasteiger partial charge in [-0.2, -0.15) is 0 Å². The van der Waals surface area contributed by atoms with Crippen molar-refractivity contribution >= 4 is 15.9 Å². The molecule has 3 N–H and O–H groups in total. The van der Waals surface area contributed by atoms with E-state index >= 15 is 0 Å². The first-order valence-electron chi connectivity index (χ1n) is 7.69. The molecule has 132 valence electrons. The summed E-state index contributed by atoms with van der Waals surface area (Å²) >= 11 is 0. The summed E-state index contributed by atoms with van der Waals surface area (Å²) in [6.45, 7) is 0.620. The first-order chi connectivity index (χ1) is 11.9. The summed E-state index contributed by atoms with van der Waals surface area (Å²) in [7, 11) is -3.69. The standard InChI is InChI=1S/C17H18N2O5S/c18-25(21,22)14-5-1-12(2-6-14)4-8-17(20)19-10-13-3-7-15-16(9-13)24-11-23-15/h1-3,5-7,9H,4,8,10-11H2,(H,19,20)(H2,18,21,22). The summed E-state index contributed by atoms with van der Waals surface area (Å²) in [5, 5.41) is 7.89. The van der Waals surface area contributed by atoms with E-state index in [2.05, 4.69) is 5.32 Å². The second-order valence-electron chi connectivity index (χ2n) is 5.65. The molecule has 1 aliphatic rings. The molecule has 25 heavy (non-hydrogen) atoms. The average Bonchev–Trinajstić information content (AvgIpc) is 3.05. The van der Waals surface area contributed by atoms with Crippen LogP contribution in [-0.4, -0.2) is 21.1 Å². The van der Waals surface area contributed by atoms with Crippen LogP contribution in [0.25, 0.3) is 0 Å². The van der Waals surface area contributed by atoms with Crippen molar-refractivity contribution < 1.29 is 22.7 Å². The van der Waals surface area contributed by atoms with Crippen molar-refractivity contribution in [2.75, 3.05) is 6.79 Å². The van der Waals surface area contributed by atoms with Gasteiger partial charge in [0.25, 0.3) is 0 Å². The molecule has 1 aliphatic heterocycles. The van der Waals surface area contributed by atoms with Crippen molar-refractivity contribution in [3.8, 4) is 11.5 Å². The average molecular weight is 362 g/mol. The van der Waals surface area contributed by atoms with Crippen molar-refractivity contribution in [3.05, 3.63) is 53.6 Å². The van der Waals surface area contributed by atoms with E-state index in [1.54, 1.807) is 12.1 Å². The van der Waals surface area contributed by atoms with Gasteiger partial charge in [-0.05, 0) is 41.8 Å². The van der Waals surface area contributed by atoms with Crippen molar-refractivity contribution in [1.82, 2.24) is 5.32 Å². The molecule has 8 heteroatoms. The van der Waals surface area contributed by atoms with Gasteiger partial charge in [0.05, 0.1) is 4.90 Å². The van der Waals surface area contributed by atoms with Crippen LogP contribution in [0.4, 0.5) is 0 Å². The summed E-state index contributed by atoms with van der Waals surface area (Å²) in [5.74, 6) is 1.30. The van der Waals surface area contributed by atoms with Crippen LogP contribution in [0.5, 0.6) is 11.5 Å². The number of nitrogens with one attached hydrogen (secondary N) is 1. The Kier molecular flexibility index (Phi) is 4.91. The zero-order valence-corrected chi connectivity index (χ0v) is 14.2. The molecular weight excluding hydrogens is 344 g/mol. The second kappa shape index (κ2) is 7.12. The predicted octanol–water partition coefficient (Wildman–Crippen LogP) is 1.31. The number of sulfonamides is 1. The van der Waals surface area contributed by atoms with E-state index in [4.69, 9.17) is 14.6 Å². The SMILES string of the molecule is NS(=O)(=O)c1ccc(CCC(=O)NCc2ccc3c(c2)OCO3)cc1. The number of benzene rings is 2. The van der Waals surface area contributed by atoms with Crippen LogP contribution in [0, 0.1) is 0 Å². The van der Waals surface area contributed by atoms with Gasteiger partial charge in [-0.1, -0.05) is 18.2 Å². The molecule has 0 saturated heterocycles. The number of primary sulfonamides is 1. The Hall–Kier alpha value is -2.58. The van der Waals surface area contributed by atoms with Crippen molar-refractivity contribution in [1.29, 1.82) is 0 Å². The molecule has 0 bridgehead atoms. The highest BCUT2D eigenvalue weighted by atomic mass is 32.2. The number of hydrogen-bond acceptors (Lipinski definition) is 5. The third kappa shape index (κ3) is 4.49. The lowest BCUT2D eigenvalue weighted by atomic mass is 10.1. The molecule has 3 rings (SSSR count). The molecule has 1 heterocycles. The van der Waals surface area contributed by atoms with Crippen LogP contribution in [0.2, 0.25) is 0 Å². The van der Waals surface area contributed by atoms with Gasteiger partial charge in [-0.3, -0.25) is 4.79 Å². The number of carbonyl (C=O) groups excluding carboxylic acids is 1. The molecule has 2 aromatic carbocycles. The molecule has 0 saturated carbocycles. The number of nitrogens with two attached hydrogens (primary N) is 1. The second-order valence-corrected chi connectivity index (χ2v) is 7.21. The zero-order chi connectivity index (χ0) is 17.9. The van der Waals surface area contributed by atoms with Crippen LogP contribution in [0.1, 0.15) is 17.5 Å². The first kappa shape index (κ1) is 17.2. The Morgan fingerprint density at radius 2 is 1.72 bits per heavy atom. The van der Waals surface area contributed by atoms with Gasteiger partial charge in [-0.25, -0.2) is 13.6 Å². The maximum atomic E-state index is 12.0. The lowest BCUT2D eigenvalue weighted by Crippen LogP contribution is -2.23. The highest BCUT2D eigenvalue weighted by Gasteiger charge is 2.13. The van der Waals surface area contributed by atoms with Crippen LogP contribution in [0.3, 0.4) is 0 Å². The molecule has 7 nitrogen and oxygen atoms in total. The molecule has 0 unspecified atom stereocenters. The Morgan fingerprint density at radius 1 is 1.04 bits per heavy atom. The maximum Gasteiger partial charge on any atom is 0.238 e. The number of carbonyl (C=O) groups is 1. The van der Waals surface area contributed by atoms with E-state index in [-0.39, 0.29) is 17.6 Å². The Labute approximate surface area is 145 Å². The number of amides is 1. The number of aryl methyl sites for hydroxylation is 1. The molecule has 0 atom stereocenters. The number of fused-ring (bicyclic) bond motifs is 1. The van der Waals surface area contributed by atoms with Crippen LogP contribution < -0.4 is 19.9 Å². The van der Waals surface area contributed by atoms with Gasteiger partial charge in [0, 0.05) is 13.0 Å². The van der Waals surface area contributed by atoms with Gasteiger partial charge in [0.1, 0.15) is 0 Å². The molecule has 0 aliphatic carbocycles. The lowest BCUT2D eigenvalue weighted by molar-refractivity contribution is -0.121. The minimum Gasteiger partial charge on any atom is -0.454 e. The lowest BCUT2D eigenvalue weighted by Gasteiger charge is -2.07. The van der Waals surface area contributed by atoms with Crippen molar-refractivity contribution in [2.24, 2.45) is 5.14 Å². The fourth-order valence-corrected chi connectivity index (χ4v) is 2.96. The Bertz CT molecular complexity index is 878. The van der Waals surface area contributed by atoms with Crippen LogP contribution in [-0.2, 0) is 27.8 Å². The van der Waals surface area contributed by atoms with Crippen LogP contribution >= 0.6 is 0 Å². The molecular formula is C17H18N2O5S. The Morgan fingerprint density at radius 3 is 2.44 bits per heavy atom. The molecule has 0 spiro atoms. The quantitative estimate of drug-likeness (QED) is 0.806. The van der Waals surface area contributed by atoms with E-state index in [0.717, 1.165) is 11.1 Å². The highest BCUT2D eigenvalue weighted by molar-refractivity contribution is 7.89. The predicted molar refractivity (Wildman–Crippen MR) is 90.5 cm³/mol. The molecule has 0 radical (unpaired) electrons. The normalized spacial score (nSPS) is 12.8. The smallest absolute Gasteiger partial charge is 0.238 e. The summed E-state index contributed by atoms with van der Waals surface area (Å²) in [5.41, 5.74) is 1.79. The number of hydrogen-bond donors (Lipinski definition) is 2. The third-order valence-electron chi connectivity index (χ3n) is 3.82. The van der Waals surface area contributed by atoms with E-state index in [0.29, 0.717) is 30.9 Å². The van der Waals surface area contributed by atoms with Gasteiger partial charge in [0.2, 0.25) is 22.7 Å². The third-order valence-corrected chi connectivity index (χ3v) is 4.75. The molecule has 1 amide bonds. The van der Waals surface area contributed by atoms with Crippen molar-refractivity contribution in [2.45, 2.75) is 24.3 Å². The topological polar surface area (TPSA) is 108 Å². The Balaban J connectivity index is 1.48. The summed E-state index contributed by atoms with van der Waals surface area (Å²) in [4.78, 5) is 12.0. The first-order valence-corrected chi connectivity index (χ1v) is 9.23. The van der Waals surface area contributed by atoms with E-state index in [1.165, 1.54) is 12.1 Å². The summed E-state index contributed by atoms with van der Waals surface area (Å²) in [6.07, 6.45) is 0.817. The number of rotatable bonds is 6. The largest absolute Gasteiger partial charge is 0.454 e. The van der Waals surface area contributed by atoms with Gasteiger partial charge in [-0.15, -0.1) is 0 Å². The van der Waals surface area contributed by atoms with Gasteiger partial charge < -0.3 is 14.8 Å². The number of ether oxygens (including phenoxy) is 2. The zero-order valence-electron chi connectivity index (χ0n) is 13.4. The maximum absolute atomic E-state index is 12.0. The molecule has 2 aromatic rings. The minimum absolute atomic E-state index is 0.0588. The summed E-state index contributed by atoms with van der Waals surface area (Å²) < 4.78 is 32.9. The van der Waals surface area contributed by atoms with E-state index in [1.807, 2.05) is 18.2 Å². The molecule has 0 fully saturated rings. The van der Waals surface area contributed by atoms with E-state index in [9.17, 15) is 13.2 Å². The fraction of sp³-hybridized carbons (Fsp3) is 0.235. The van der Waals surface area contributed by atoms with Crippen LogP contribution in [0.15, 0.2) is 47.4 Å².